The number of nitrogens with two attached hydrogens (primary N) is 1. The number of hydrogen-bond donors (Lipinski definition) is 2. The van der Waals surface area contributed by atoms with Gasteiger partial charge in [-0.25, -0.2) is 9.78 Å². The first-order chi connectivity index (χ1) is 9.99. The van der Waals surface area contributed by atoms with Crippen molar-refractivity contribution in [3.8, 4) is 0 Å². The zero-order valence-corrected chi connectivity index (χ0v) is 12.6. The van der Waals surface area contributed by atoms with Crippen molar-refractivity contribution < 1.29 is 9.59 Å². The number of pyridine rings is 1. The molecule has 6 nitrogen and oxygen atoms in total. The van der Waals surface area contributed by atoms with Crippen LogP contribution in [0.25, 0.3) is 0 Å². The molecule has 110 valence electrons. The van der Waals surface area contributed by atoms with Crippen LogP contribution in [0.4, 0.5) is 10.5 Å². The quantitative estimate of drug-likeness (QED) is 0.909. The Bertz CT molecular complexity index is 625. The van der Waals surface area contributed by atoms with Crippen molar-refractivity contribution in [2.75, 3.05) is 12.4 Å². The first-order valence-electron chi connectivity index (χ1n) is 6.32. The number of nitrogens with one attached hydrogen (secondary N) is 1. The van der Waals surface area contributed by atoms with Gasteiger partial charge in [-0.1, -0.05) is 6.07 Å². The summed E-state index contributed by atoms with van der Waals surface area (Å²) in [7, 11) is 1.73. The molecule has 0 bridgehead atoms. The van der Waals surface area contributed by atoms with Gasteiger partial charge in [-0.15, -0.1) is 11.3 Å². The minimum absolute atomic E-state index is 0.0251. The van der Waals surface area contributed by atoms with Crippen LogP contribution in [0.3, 0.4) is 0 Å². The van der Waals surface area contributed by atoms with Gasteiger partial charge in [0.15, 0.2) is 0 Å². The van der Waals surface area contributed by atoms with Crippen molar-refractivity contribution in [2.24, 2.45) is 5.73 Å². The van der Waals surface area contributed by atoms with E-state index < -0.39 is 5.91 Å². The van der Waals surface area contributed by atoms with Crippen LogP contribution < -0.4 is 11.1 Å². The van der Waals surface area contributed by atoms with Gasteiger partial charge >= 0.3 is 6.03 Å². The summed E-state index contributed by atoms with van der Waals surface area (Å²) in [6, 6.07) is 6.74. The van der Waals surface area contributed by atoms with E-state index >= 15 is 0 Å². The van der Waals surface area contributed by atoms with Crippen LogP contribution in [-0.2, 0) is 0 Å². The predicted molar refractivity (Wildman–Crippen MR) is 82.3 cm³/mol. The lowest BCUT2D eigenvalue weighted by atomic mass is 10.2. The molecule has 3 N–H and O–H groups in total. The van der Waals surface area contributed by atoms with Crippen molar-refractivity contribution in [2.45, 2.75) is 13.0 Å². The third-order valence-electron chi connectivity index (χ3n) is 3.12. The predicted octanol–water partition coefficient (Wildman–Crippen LogP) is 2.47. The highest BCUT2D eigenvalue weighted by Gasteiger charge is 2.18. The Labute approximate surface area is 126 Å². The van der Waals surface area contributed by atoms with E-state index in [1.165, 1.54) is 12.3 Å². The molecule has 0 aliphatic rings. The fraction of sp³-hybridized carbons (Fsp3) is 0.214. The smallest absolute Gasteiger partial charge is 0.322 e. The maximum atomic E-state index is 12.2. The van der Waals surface area contributed by atoms with Gasteiger partial charge in [-0.2, -0.15) is 0 Å². The fourth-order valence-electron chi connectivity index (χ4n) is 1.72. The van der Waals surface area contributed by atoms with Crippen LogP contribution in [-0.4, -0.2) is 28.9 Å². The summed E-state index contributed by atoms with van der Waals surface area (Å²) in [5.74, 6) is -0.601. The van der Waals surface area contributed by atoms with Crippen LogP contribution in [0.1, 0.15) is 28.3 Å². The SMILES string of the molecule is C[C@H](c1cccs1)N(C)C(=O)Nc1ccc(C(N)=O)nc1. The van der Waals surface area contributed by atoms with Crippen molar-refractivity contribution in [3.05, 3.63) is 46.4 Å². The lowest BCUT2D eigenvalue weighted by molar-refractivity contribution is 0.0995. The topological polar surface area (TPSA) is 88.3 Å². The number of rotatable bonds is 4. The summed E-state index contributed by atoms with van der Waals surface area (Å²) < 4.78 is 0. The van der Waals surface area contributed by atoms with Gasteiger partial charge in [0.1, 0.15) is 5.69 Å². The first kappa shape index (κ1) is 15.0. The minimum Gasteiger partial charge on any atom is -0.364 e. The average molecular weight is 304 g/mol. The number of aromatic nitrogens is 1. The molecular formula is C14H16N4O2S. The molecule has 7 heteroatoms. The normalized spacial score (nSPS) is 11.7. The summed E-state index contributed by atoms with van der Waals surface area (Å²) >= 11 is 1.60. The van der Waals surface area contributed by atoms with E-state index in [2.05, 4.69) is 10.3 Å². The molecule has 0 spiro atoms. The van der Waals surface area contributed by atoms with E-state index in [9.17, 15) is 9.59 Å². The fourth-order valence-corrected chi connectivity index (χ4v) is 2.55. The van der Waals surface area contributed by atoms with Gasteiger partial charge < -0.3 is 16.0 Å². The molecule has 3 amide bonds. The van der Waals surface area contributed by atoms with Crippen molar-refractivity contribution in [1.82, 2.24) is 9.88 Å². The van der Waals surface area contributed by atoms with Crippen molar-refractivity contribution in [1.29, 1.82) is 0 Å². The largest absolute Gasteiger partial charge is 0.364 e. The van der Waals surface area contributed by atoms with E-state index in [0.29, 0.717) is 5.69 Å². The molecule has 0 saturated carbocycles. The van der Waals surface area contributed by atoms with Crippen molar-refractivity contribution in [3.63, 3.8) is 0 Å². The second-order valence-electron chi connectivity index (χ2n) is 4.53. The molecule has 0 aliphatic carbocycles. The number of carbonyl (C=O) groups excluding carboxylic acids is 2. The summed E-state index contributed by atoms with van der Waals surface area (Å²) in [6.45, 7) is 1.96. The summed E-state index contributed by atoms with van der Waals surface area (Å²) in [5.41, 5.74) is 5.78. The van der Waals surface area contributed by atoms with Gasteiger partial charge in [0.25, 0.3) is 5.91 Å². The molecule has 0 fully saturated rings. The highest BCUT2D eigenvalue weighted by atomic mass is 32.1. The summed E-state index contributed by atoms with van der Waals surface area (Å²) in [4.78, 5) is 29.7. The zero-order valence-electron chi connectivity index (χ0n) is 11.7. The molecule has 0 unspecified atom stereocenters. The van der Waals surface area contributed by atoms with Crippen LogP contribution >= 0.6 is 11.3 Å². The molecule has 0 aliphatic heterocycles. The van der Waals surface area contributed by atoms with Crippen LogP contribution in [0.2, 0.25) is 0 Å². The molecule has 0 aromatic carbocycles. The van der Waals surface area contributed by atoms with Gasteiger partial charge in [0, 0.05) is 11.9 Å². The monoisotopic (exact) mass is 304 g/mol. The van der Waals surface area contributed by atoms with Gasteiger partial charge in [-0.3, -0.25) is 4.79 Å². The summed E-state index contributed by atoms with van der Waals surface area (Å²) in [6.07, 6.45) is 1.40. The molecule has 2 heterocycles. The number of primary amides is 1. The Kier molecular flexibility index (Phi) is 4.54. The van der Waals surface area contributed by atoms with E-state index in [1.54, 1.807) is 29.4 Å². The Morgan fingerprint density at radius 3 is 2.67 bits per heavy atom. The molecule has 2 rings (SSSR count). The highest BCUT2D eigenvalue weighted by Crippen LogP contribution is 2.23. The number of nitrogens with zero attached hydrogens (tertiary/aromatic N) is 2. The number of anilines is 1. The molecule has 2 aromatic heterocycles. The minimum atomic E-state index is -0.601. The molecular weight excluding hydrogens is 288 g/mol. The van der Waals surface area contributed by atoms with E-state index in [1.807, 2.05) is 24.4 Å². The lowest BCUT2D eigenvalue weighted by Gasteiger charge is -2.24. The third kappa shape index (κ3) is 3.57. The molecule has 0 radical (unpaired) electrons. The second-order valence-corrected chi connectivity index (χ2v) is 5.51. The second kappa shape index (κ2) is 6.36. The Morgan fingerprint density at radius 2 is 2.14 bits per heavy atom. The Morgan fingerprint density at radius 1 is 1.38 bits per heavy atom. The van der Waals surface area contributed by atoms with E-state index in [0.717, 1.165) is 4.88 Å². The number of hydrogen-bond acceptors (Lipinski definition) is 4. The lowest BCUT2D eigenvalue weighted by Crippen LogP contribution is -2.33. The van der Waals surface area contributed by atoms with Crippen LogP contribution in [0.5, 0.6) is 0 Å². The van der Waals surface area contributed by atoms with Crippen LogP contribution in [0, 0.1) is 0 Å². The zero-order chi connectivity index (χ0) is 15.4. The van der Waals surface area contributed by atoms with Gasteiger partial charge in [0.05, 0.1) is 17.9 Å². The molecule has 0 saturated heterocycles. The molecule has 1 atom stereocenters. The summed E-state index contributed by atoms with van der Waals surface area (Å²) in [5, 5.41) is 4.70. The Balaban J connectivity index is 2.02. The number of carbonyl (C=O) groups is 2. The third-order valence-corrected chi connectivity index (χ3v) is 4.17. The molecule has 21 heavy (non-hydrogen) atoms. The Hall–Kier alpha value is -2.41. The molecule has 2 aromatic rings. The van der Waals surface area contributed by atoms with E-state index in [4.69, 9.17) is 5.73 Å². The van der Waals surface area contributed by atoms with Crippen LogP contribution in [0.15, 0.2) is 35.8 Å². The maximum absolute atomic E-state index is 12.2. The first-order valence-corrected chi connectivity index (χ1v) is 7.20. The number of amides is 3. The van der Waals surface area contributed by atoms with Gasteiger partial charge in [-0.05, 0) is 30.5 Å². The standard InChI is InChI=1S/C14H16N4O2S/c1-9(12-4-3-7-21-12)18(2)14(20)17-10-5-6-11(13(15)19)16-8-10/h3-9H,1-2H3,(H2,15,19)(H,17,20)/t9-/m1/s1. The average Bonchev–Trinajstić information content (AvgIpc) is 3.00. The van der Waals surface area contributed by atoms with Gasteiger partial charge in [0.2, 0.25) is 0 Å². The number of urea groups is 1. The van der Waals surface area contributed by atoms with Crippen molar-refractivity contribution >= 4 is 29.0 Å². The number of thiophene rings is 1. The van der Waals surface area contributed by atoms with E-state index in [-0.39, 0.29) is 17.8 Å². The highest BCUT2D eigenvalue weighted by molar-refractivity contribution is 7.10. The maximum Gasteiger partial charge on any atom is 0.322 e.